The van der Waals surface area contributed by atoms with Crippen molar-refractivity contribution in [1.82, 2.24) is 14.9 Å². The number of nitrogens with one attached hydrogen (secondary N) is 2. The molecule has 0 radical (unpaired) electrons. The number of rotatable bonds is 12. The van der Waals surface area contributed by atoms with Gasteiger partial charge in [0.2, 0.25) is 10.0 Å². The topological polar surface area (TPSA) is 94.0 Å². The molecule has 242 valence electrons. The van der Waals surface area contributed by atoms with Crippen LogP contribution in [-0.2, 0) is 22.7 Å². The van der Waals surface area contributed by atoms with Crippen LogP contribution in [0.15, 0.2) is 58.4 Å². The number of hydrogen-bond acceptors (Lipinski definition) is 6. The Balaban J connectivity index is 1.37. The predicted octanol–water partition coefficient (Wildman–Crippen LogP) is 5.45. The molecule has 3 unspecified atom stereocenters. The van der Waals surface area contributed by atoms with Crippen LogP contribution in [0.3, 0.4) is 0 Å². The zero-order valence-corrected chi connectivity index (χ0v) is 25.2. The Morgan fingerprint density at radius 1 is 1.09 bits per heavy atom. The molecular formula is C30H36F6N4O3S. The molecule has 2 aromatic rings. The first-order chi connectivity index (χ1) is 20.4. The molecule has 0 bridgehead atoms. The largest absolute Gasteiger partial charge is 0.416 e. The second-order valence-electron chi connectivity index (χ2n) is 12.6. The van der Waals surface area contributed by atoms with Crippen LogP contribution in [0, 0.1) is 11.7 Å². The summed E-state index contributed by atoms with van der Waals surface area (Å²) in [5, 5.41) is 16.8. The molecule has 3 N–H and O–H groups in total. The number of alkyl halides is 5. The number of aliphatic imine (C=N–C) groups is 1. The first-order valence-corrected chi connectivity index (χ1v) is 16.0. The first kappa shape index (κ1) is 32.7. The summed E-state index contributed by atoms with van der Waals surface area (Å²) in [6.07, 6.45) is -3.61. The Bertz CT molecular complexity index is 1480. The van der Waals surface area contributed by atoms with E-state index in [1.165, 1.54) is 28.6 Å². The fraction of sp³-hybridized carbons (Fsp3) is 0.567. The third-order valence-corrected chi connectivity index (χ3v) is 10.9. The molecule has 0 amide bonds. The smallest absolute Gasteiger partial charge is 0.376 e. The summed E-state index contributed by atoms with van der Waals surface area (Å²) in [6.45, 7) is 3.40. The van der Waals surface area contributed by atoms with Gasteiger partial charge in [0.05, 0.1) is 21.8 Å². The number of halogens is 6. The molecule has 2 saturated carbocycles. The molecule has 5 rings (SSSR count). The molecule has 2 fully saturated rings. The van der Waals surface area contributed by atoms with Gasteiger partial charge in [0.15, 0.2) is 0 Å². The maximum absolute atomic E-state index is 14.0. The fourth-order valence-electron chi connectivity index (χ4n) is 6.03. The van der Waals surface area contributed by atoms with Crippen LogP contribution in [0.1, 0.15) is 63.5 Å². The average Bonchev–Trinajstić information content (AvgIpc) is 3.41. The molecule has 7 nitrogen and oxygen atoms in total. The number of hydrogen-bond donors (Lipinski definition) is 3. The van der Waals surface area contributed by atoms with E-state index in [0.29, 0.717) is 37.1 Å². The van der Waals surface area contributed by atoms with Crippen molar-refractivity contribution in [2.75, 3.05) is 6.54 Å². The van der Waals surface area contributed by atoms with Crippen molar-refractivity contribution in [3.8, 4) is 0 Å². The van der Waals surface area contributed by atoms with Gasteiger partial charge >= 0.3 is 6.18 Å². The highest BCUT2D eigenvalue weighted by atomic mass is 32.2. The Hall–Kier alpha value is -2.68. The number of benzene rings is 2. The highest BCUT2D eigenvalue weighted by molar-refractivity contribution is 7.89. The van der Waals surface area contributed by atoms with E-state index >= 15 is 0 Å². The van der Waals surface area contributed by atoms with Crippen LogP contribution >= 0.6 is 0 Å². The Labute approximate surface area is 252 Å². The zero-order valence-electron chi connectivity index (χ0n) is 24.3. The van der Waals surface area contributed by atoms with Crippen LogP contribution in [0.2, 0.25) is 0 Å². The average molecular weight is 647 g/mol. The van der Waals surface area contributed by atoms with Crippen LogP contribution in [0.4, 0.5) is 26.3 Å². The van der Waals surface area contributed by atoms with Crippen molar-refractivity contribution in [2.24, 2.45) is 10.9 Å². The van der Waals surface area contributed by atoms with Gasteiger partial charge in [-0.3, -0.25) is 10.3 Å². The second kappa shape index (κ2) is 11.6. The van der Waals surface area contributed by atoms with Crippen molar-refractivity contribution in [2.45, 2.75) is 99.3 Å². The number of sulfonamides is 1. The maximum atomic E-state index is 14.0. The van der Waals surface area contributed by atoms with E-state index in [9.17, 15) is 39.9 Å². The van der Waals surface area contributed by atoms with E-state index in [1.807, 2.05) is 13.8 Å². The van der Waals surface area contributed by atoms with Gasteiger partial charge in [0, 0.05) is 37.4 Å². The summed E-state index contributed by atoms with van der Waals surface area (Å²) in [5.41, 5.74) is -2.10. The first-order valence-electron chi connectivity index (χ1n) is 14.5. The lowest BCUT2D eigenvalue weighted by molar-refractivity contribution is -0.137. The van der Waals surface area contributed by atoms with Gasteiger partial charge in [0.25, 0.3) is 5.92 Å². The summed E-state index contributed by atoms with van der Waals surface area (Å²) in [7, 11) is -4.21. The molecule has 0 spiro atoms. The van der Waals surface area contributed by atoms with Crippen molar-refractivity contribution >= 4 is 15.9 Å². The summed E-state index contributed by atoms with van der Waals surface area (Å²) in [5.74, 6) is -3.63. The van der Waals surface area contributed by atoms with Crippen LogP contribution in [0.25, 0.3) is 0 Å². The third-order valence-electron chi connectivity index (χ3n) is 8.98. The lowest BCUT2D eigenvalue weighted by Gasteiger charge is -2.49. The quantitative estimate of drug-likeness (QED) is 0.211. The fourth-order valence-corrected chi connectivity index (χ4v) is 7.87. The molecule has 2 aromatic carbocycles. The number of nitrogens with zero attached hydrogens (tertiary/aromatic N) is 2. The lowest BCUT2D eigenvalue weighted by Crippen LogP contribution is -2.56. The van der Waals surface area contributed by atoms with Crippen molar-refractivity contribution in [3.05, 3.63) is 65.5 Å². The van der Waals surface area contributed by atoms with E-state index in [-0.39, 0.29) is 24.4 Å². The Kier molecular flexibility index (Phi) is 8.62. The third kappa shape index (κ3) is 6.77. The molecule has 0 saturated heterocycles. The molecule has 0 aromatic heterocycles. The van der Waals surface area contributed by atoms with Gasteiger partial charge in [-0.25, -0.2) is 21.6 Å². The van der Waals surface area contributed by atoms with Crippen LogP contribution < -0.4 is 10.6 Å². The van der Waals surface area contributed by atoms with Gasteiger partial charge < -0.3 is 10.4 Å². The van der Waals surface area contributed by atoms with Crippen molar-refractivity contribution in [1.29, 1.82) is 0 Å². The number of aliphatic hydroxyl groups excluding tert-OH is 1. The number of aliphatic hydroxyl groups is 1. The highest BCUT2D eigenvalue weighted by Crippen LogP contribution is 2.48. The SMILES string of the molecule is CC1(C)NC(CCC2(N(Cc3ccc(C(F)(F)F)cc3)S(=O)(=O)c3ccc(F)cc3)CCC2)=NC1C(O)NCC1CC1(F)F. The van der Waals surface area contributed by atoms with Gasteiger partial charge in [-0.2, -0.15) is 17.5 Å². The molecule has 3 aliphatic rings. The Morgan fingerprint density at radius 2 is 1.70 bits per heavy atom. The summed E-state index contributed by atoms with van der Waals surface area (Å²) >= 11 is 0. The van der Waals surface area contributed by atoms with Crippen molar-refractivity contribution in [3.63, 3.8) is 0 Å². The van der Waals surface area contributed by atoms with E-state index < -0.39 is 62.8 Å². The molecule has 44 heavy (non-hydrogen) atoms. The van der Waals surface area contributed by atoms with Crippen LogP contribution in [-0.4, -0.2) is 59.5 Å². The minimum atomic E-state index is -4.54. The van der Waals surface area contributed by atoms with Gasteiger partial charge in [0.1, 0.15) is 18.1 Å². The molecule has 1 heterocycles. The lowest BCUT2D eigenvalue weighted by atomic mass is 9.73. The second-order valence-corrected chi connectivity index (χ2v) is 14.5. The minimum Gasteiger partial charge on any atom is -0.376 e. The van der Waals surface area contributed by atoms with E-state index in [0.717, 1.165) is 30.7 Å². The number of amidine groups is 1. The molecule has 2 aliphatic carbocycles. The van der Waals surface area contributed by atoms with Gasteiger partial charge in [-0.15, -0.1) is 0 Å². The summed E-state index contributed by atoms with van der Waals surface area (Å²) in [6, 6.07) is 8.06. The monoisotopic (exact) mass is 646 g/mol. The zero-order chi connectivity index (χ0) is 32.1. The molecular weight excluding hydrogens is 610 g/mol. The maximum Gasteiger partial charge on any atom is 0.416 e. The van der Waals surface area contributed by atoms with Gasteiger partial charge in [-0.1, -0.05) is 12.1 Å². The Morgan fingerprint density at radius 3 is 2.23 bits per heavy atom. The molecule has 3 atom stereocenters. The standard InChI is InChI=1S/C30H36F6N4O3S/c1-27(2)25(26(41)37-17-21-16-29(21,32)33)38-24(39-27)12-15-28(13-3-14-28)40(44(42,43)23-10-8-22(31)9-11-23)18-19-4-6-20(7-5-19)30(34,35)36/h4-11,21,25-26,37,41H,3,12-18H2,1-2H3,(H,38,39). The molecule has 1 aliphatic heterocycles. The van der Waals surface area contributed by atoms with E-state index in [4.69, 9.17) is 0 Å². The predicted molar refractivity (Wildman–Crippen MR) is 152 cm³/mol. The minimum absolute atomic E-state index is 0.0468. The summed E-state index contributed by atoms with van der Waals surface area (Å²) < 4.78 is 109. The van der Waals surface area contributed by atoms with Gasteiger partial charge in [-0.05, 0) is 81.5 Å². The van der Waals surface area contributed by atoms with E-state index in [2.05, 4.69) is 15.6 Å². The van der Waals surface area contributed by atoms with Crippen molar-refractivity contribution < 1.29 is 39.9 Å². The highest BCUT2D eigenvalue weighted by Gasteiger charge is 2.56. The molecule has 14 heteroatoms. The normalized spacial score (nSPS) is 24.4. The van der Waals surface area contributed by atoms with E-state index in [1.54, 1.807) is 0 Å². The van der Waals surface area contributed by atoms with Crippen LogP contribution in [0.5, 0.6) is 0 Å². The summed E-state index contributed by atoms with van der Waals surface area (Å²) in [4.78, 5) is 4.50.